The van der Waals surface area contributed by atoms with Gasteiger partial charge in [0.2, 0.25) is 5.91 Å². The van der Waals surface area contributed by atoms with Crippen molar-refractivity contribution in [3.05, 3.63) is 109 Å². The van der Waals surface area contributed by atoms with E-state index in [9.17, 15) is 61.0 Å². The number of hydrogen-bond donors (Lipinski definition) is 12. The van der Waals surface area contributed by atoms with Gasteiger partial charge in [-0.1, -0.05) is 277 Å². The zero-order chi connectivity index (χ0) is 73.2. The summed E-state index contributed by atoms with van der Waals surface area (Å²) in [6.07, 6.45) is 57.9. The third kappa shape index (κ3) is 41.8. The molecule has 0 aromatic carbocycles. The van der Waals surface area contributed by atoms with Gasteiger partial charge in [-0.15, -0.1) is 0 Å². The second kappa shape index (κ2) is 61.6. The molecule has 12 N–H and O–H groups in total. The third-order valence-corrected chi connectivity index (χ3v) is 19.0. The highest BCUT2D eigenvalue weighted by Gasteiger charge is 2.53. The van der Waals surface area contributed by atoms with Crippen LogP contribution in [0, 0.1) is 0 Å². The van der Waals surface area contributed by atoms with Crippen LogP contribution < -0.4 is 5.32 Å². The molecule has 582 valence electrons. The van der Waals surface area contributed by atoms with Crippen LogP contribution in [0.3, 0.4) is 0 Å². The van der Waals surface area contributed by atoms with Gasteiger partial charge in [0.25, 0.3) is 0 Å². The van der Waals surface area contributed by atoms with Crippen LogP contribution >= 0.6 is 0 Å². The Morgan fingerprint density at radius 3 is 1.11 bits per heavy atom. The van der Waals surface area contributed by atoms with E-state index in [2.05, 4.69) is 116 Å². The molecule has 0 aromatic rings. The molecule has 0 bridgehead atoms. The molecule has 19 heteroatoms. The minimum Gasteiger partial charge on any atom is -0.394 e. The zero-order valence-corrected chi connectivity index (χ0v) is 62.1. The van der Waals surface area contributed by atoms with Crippen LogP contribution in [0.5, 0.6) is 0 Å². The van der Waals surface area contributed by atoms with Gasteiger partial charge in [-0.2, -0.15) is 0 Å². The lowest BCUT2D eigenvalue weighted by Crippen LogP contribution is -2.66. The minimum atomic E-state index is -1.99. The number of allylic oxidation sites excluding steroid dienone is 17. The average Bonchev–Trinajstić information content (AvgIpc) is 0.789. The molecule has 17 unspecified atom stereocenters. The molecule has 3 heterocycles. The number of carbonyl (C=O) groups is 1. The largest absolute Gasteiger partial charge is 0.394 e. The summed E-state index contributed by atoms with van der Waals surface area (Å²) in [5.41, 5.74) is 0. The number of aliphatic hydroxyl groups is 11. The van der Waals surface area contributed by atoms with Crippen LogP contribution in [-0.4, -0.2) is 193 Å². The molecule has 1 amide bonds. The molecule has 101 heavy (non-hydrogen) atoms. The standard InChI is InChI=1S/C82H141NO18/c1-3-5-7-9-11-13-15-17-19-21-23-24-25-26-27-28-29-30-31-32-33-34-35-36-37-38-39-40-42-44-46-48-50-52-54-56-58-60-70(88)83-65(66(87)59-57-55-53-51-49-47-45-43-41-22-20-18-16-14-12-10-8-6-4-2)64-96-80-76(94)73(91)78(68(62-85)98-80)101-82-77(95)74(92)79(69(63-86)99-82)100-81-75(93)72(90)71(89)67(61-84)97-81/h5,7,11,13,17,19,23-24,26-27,29-30,41,43,49,51,57,59,65-69,71-82,84-87,89-95H,3-4,6,8-10,12,14-16,18,20-22,25,28,31-40,42,44-48,50,52-56,58,60-64H2,1-2H3,(H,83,88)/b7-5-,13-11-,19-17-,24-23-,27-26-,30-29-,43-41+,51-49+,59-57+. The summed E-state index contributed by atoms with van der Waals surface area (Å²) in [7, 11) is 0. The van der Waals surface area contributed by atoms with Gasteiger partial charge in [0, 0.05) is 6.42 Å². The predicted octanol–water partition coefficient (Wildman–Crippen LogP) is 12.9. The van der Waals surface area contributed by atoms with Crippen molar-refractivity contribution in [3.63, 3.8) is 0 Å². The van der Waals surface area contributed by atoms with Crippen LogP contribution in [-0.2, 0) is 33.2 Å². The van der Waals surface area contributed by atoms with Crippen molar-refractivity contribution in [1.29, 1.82) is 0 Å². The van der Waals surface area contributed by atoms with E-state index in [4.69, 9.17) is 28.4 Å². The second-order valence-corrected chi connectivity index (χ2v) is 27.8. The normalized spacial score (nSPS) is 26.9. The minimum absolute atomic E-state index is 0.228. The van der Waals surface area contributed by atoms with Gasteiger partial charge in [-0.3, -0.25) is 4.79 Å². The van der Waals surface area contributed by atoms with Gasteiger partial charge in [0.15, 0.2) is 18.9 Å². The molecule has 0 radical (unpaired) electrons. The van der Waals surface area contributed by atoms with Crippen molar-refractivity contribution in [2.24, 2.45) is 0 Å². The van der Waals surface area contributed by atoms with Gasteiger partial charge >= 0.3 is 0 Å². The molecule has 0 aromatic heterocycles. The van der Waals surface area contributed by atoms with Gasteiger partial charge in [-0.25, -0.2) is 0 Å². The average molecular weight is 1430 g/mol. The molecule has 0 spiro atoms. The molecule has 3 rings (SSSR count). The van der Waals surface area contributed by atoms with E-state index in [0.717, 1.165) is 83.5 Å². The van der Waals surface area contributed by atoms with E-state index in [1.807, 2.05) is 6.08 Å². The highest BCUT2D eigenvalue weighted by atomic mass is 16.8. The Hall–Kier alpha value is -3.55. The quantitative estimate of drug-likeness (QED) is 0.0199. The number of carbonyl (C=O) groups excluding carboxylic acids is 1. The number of unbranched alkanes of at least 4 members (excludes halogenated alkanes) is 29. The monoisotopic (exact) mass is 1430 g/mol. The van der Waals surface area contributed by atoms with Crippen molar-refractivity contribution >= 4 is 5.91 Å². The first kappa shape index (κ1) is 91.7. The van der Waals surface area contributed by atoms with E-state index in [1.54, 1.807) is 6.08 Å². The number of ether oxygens (including phenoxy) is 6. The van der Waals surface area contributed by atoms with Gasteiger partial charge in [0.1, 0.15) is 73.2 Å². The summed E-state index contributed by atoms with van der Waals surface area (Å²) in [5.74, 6) is -0.290. The van der Waals surface area contributed by atoms with E-state index in [1.165, 1.54) is 154 Å². The Labute approximate surface area is 608 Å². The maximum Gasteiger partial charge on any atom is 0.220 e. The van der Waals surface area contributed by atoms with Crippen LogP contribution in [0.25, 0.3) is 0 Å². The van der Waals surface area contributed by atoms with Gasteiger partial charge in [0.05, 0.1) is 38.6 Å². The van der Waals surface area contributed by atoms with Crippen molar-refractivity contribution in [3.8, 4) is 0 Å². The number of aliphatic hydroxyl groups excluding tert-OH is 11. The lowest BCUT2D eigenvalue weighted by molar-refractivity contribution is -0.379. The molecule has 3 aliphatic heterocycles. The highest BCUT2D eigenvalue weighted by Crippen LogP contribution is 2.33. The maximum atomic E-state index is 13.5. The summed E-state index contributed by atoms with van der Waals surface area (Å²) in [5, 5.41) is 121. The number of hydrogen-bond acceptors (Lipinski definition) is 18. The second-order valence-electron chi connectivity index (χ2n) is 27.8. The summed E-state index contributed by atoms with van der Waals surface area (Å²) >= 11 is 0. The SMILES string of the molecule is CC/C=C\C/C=C\C/C=C\C/C=C\C/C=C\C/C=C\CCCCCCCCCCCCCCCCCCCCC(=O)NC(COC1OC(CO)C(OC2OC(CO)C(OC3OC(CO)C(O)C(O)C3O)C(O)C2O)C(O)C1O)C(O)/C=C/CC/C=C/CC/C=C/CCCCCCCCCCC. The molecule has 3 fully saturated rings. The van der Waals surface area contributed by atoms with Crippen molar-refractivity contribution in [2.45, 2.75) is 375 Å². The molecule has 3 saturated heterocycles. The zero-order valence-electron chi connectivity index (χ0n) is 62.1. The molecule has 0 aliphatic carbocycles. The predicted molar refractivity (Wildman–Crippen MR) is 401 cm³/mol. The summed E-state index contributed by atoms with van der Waals surface area (Å²) in [6, 6.07) is -1.00. The van der Waals surface area contributed by atoms with E-state index < -0.39 is 124 Å². The molecule has 0 saturated carbocycles. The summed E-state index contributed by atoms with van der Waals surface area (Å²) < 4.78 is 34.4. The first-order valence-electron chi connectivity index (χ1n) is 39.6. The van der Waals surface area contributed by atoms with Crippen molar-refractivity contribution in [1.82, 2.24) is 5.32 Å². The van der Waals surface area contributed by atoms with Crippen LogP contribution in [0.15, 0.2) is 109 Å². The smallest absolute Gasteiger partial charge is 0.220 e. The summed E-state index contributed by atoms with van der Waals surface area (Å²) in [4.78, 5) is 13.5. The Kier molecular flexibility index (Phi) is 55.9. The van der Waals surface area contributed by atoms with Crippen LogP contribution in [0.1, 0.15) is 271 Å². The van der Waals surface area contributed by atoms with E-state index >= 15 is 0 Å². The number of rotatable bonds is 61. The maximum absolute atomic E-state index is 13.5. The Balaban J connectivity index is 1.35. The fourth-order valence-corrected chi connectivity index (χ4v) is 12.7. The third-order valence-electron chi connectivity index (χ3n) is 19.0. The van der Waals surface area contributed by atoms with Crippen LogP contribution in [0.2, 0.25) is 0 Å². The Morgan fingerprint density at radius 1 is 0.366 bits per heavy atom. The van der Waals surface area contributed by atoms with E-state index in [-0.39, 0.29) is 18.9 Å². The fraction of sp³-hybridized carbons (Fsp3) is 0.768. The number of nitrogens with one attached hydrogen (secondary N) is 1. The fourth-order valence-electron chi connectivity index (χ4n) is 12.7. The Morgan fingerprint density at radius 2 is 0.693 bits per heavy atom. The van der Waals surface area contributed by atoms with E-state index in [0.29, 0.717) is 12.8 Å². The molecule has 19 nitrogen and oxygen atoms in total. The Bertz CT molecular complexity index is 2250. The van der Waals surface area contributed by atoms with Gasteiger partial charge in [-0.05, 0) is 96.3 Å². The topological polar surface area (TPSA) is 307 Å². The first-order valence-corrected chi connectivity index (χ1v) is 39.6. The molecule has 3 aliphatic rings. The molecule has 17 atom stereocenters. The van der Waals surface area contributed by atoms with Crippen molar-refractivity contribution in [2.75, 3.05) is 26.4 Å². The lowest BCUT2D eigenvalue weighted by Gasteiger charge is -2.48. The lowest BCUT2D eigenvalue weighted by atomic mass is 9.96. The van der Waals surface area contributed by atoms with Crippen LogP contribution in [0.4, 0.5) is 0 Å². The van der Waals surface area contributed by atoms with Crippen molar-refractivity contribution < 1.29 is 89.4 Å². The summed E-state index contributed by atoms with van der Waals surface area (Å²) in [6.45, 7) is 1.60. The molecular formula is C82H141NO18. The highest BCUT2D eigenvalue weighted by molar-refractivity contribution is 5.76. The molecular weight excluding hydrogens is 1290 g/mol. The first-order chi connectivity index (χ1) is 49.3. The van der Waals surface area contributed by atoms with Gasteiger partial charge < -0.3 is 89.9 Å². The number of amides is 1.